The van der Waals surface area contributed by atoms with Gasteiger partial charge in [-0.2, -0.15) is 0 Å². The molecular weight excluding hydrogens is 332 g/mol. The van der Waals surface area contributed by atoms with E-state index in [1.165, 1.54) is 0 Å². The Labute approximate surface area is 142 Å². The number of hydrogen-bond acceptors (Lipinski definition) is 6. The third kappa shape index (κ3) is 6.67. The van der Waals surface area contributed by atoms with E-state index in [9.17, 15) is 18.0 Å². The fourth-order valence-electron chi connectivity index (χ4n) is 1.89. The van der Waals surface area contributed by atoms with Gasteiger partial charge in [-0.05, 0) is 18.1 Å². The van der Waals surface area contributed by atoms with Crippen molar-refractivity contribution in [2.24, 2.45) is 11.7 Å². The first kappa shape index (κ1) is 20.1. The lowest BCUT2D eigenvalue weighted by molar-refractivity contribution is -0.137. The van der Waals surface area contributed by atoms with Crippen LogP contribution in [0.25, 0.3) is 0 Å². The van der Waals surface area contributed by atoms with Gasteiger partial charge in [0.05, 0.1) is 12.9 Å². The summed E-state index contributed by atoms with van der Waals surface area (Å²) < 4.78 is 28.0. The second kappa shape index (κ2) is 8.79. The van der Waals surface area contributed by atoms with E-state index in [-0.39, 0.29) is 23.6 Å². The van der Waals surface area contributed by atoms with Gasteiger partial charge in [0.1, 0.15) is 5.75 Å². The molecular formula is C16H24N2O5S. The number of carbonyl (C=O) groups excluding carboxylic acids is 2. The van der Waals surface area contributed by atoms with Crippen LogP contribution in [0.2, 0.25) is 0 Å². The van der Waals surface area contributed by atoms with Crippen LogP contribution in [0.15, 0.2) is 24.3 Å². The molecule has 2 atom stereocenters. The molecule has 2 unspecified atom stereocenters. The van der Waals surface area contributed by atoms with Crippen LogP contribution in [0.1, 0.15) is 25.0 Å². The van der Waals surface area contributed by atoms with Gasteiger partial charge in [-0.3, -0.25) is 9.59 Å². The van der Waals surface area contributed by atoms with Gasteiger partial charge >= 0.3 is 5.97 Å². The number of amides is 1. The molecule has 0 aliphatic rings. The number of sulfone groups is 1. The number of methoxy groups -OCH3 is 1. The summed E-state index contributed by atoms with van der Waals surface area (Å²) in [6.45, 7) is 3.87. The van der Waals surface area contributed by atoms with Crippen LogP contribution in [0, 0.1) is 5.92 Å². The van der Waals surface area contributed by atoms with E-state index in [4.69, 9.17) is 5.73 Å². The second-order valence-corrected chi connectivity index (χ2v) is 7.85. The monoisotopic (exact) mass is 356 g/mol. The number of rotatable bonds is 8. The quantitative estimate of drug-likeness (QED) is 0.650. The first-order chi connectivity index (χ1) is 11.1. The van der Waals surface area contributed by atoms with Crippen molar-refractivity contribution in [1.82, 2.24) is 5.32 Å². The lowest BCUT2D eigenvalue weighted by Gasteiger charge is -2.15. The Hall–Kier alpha value is -1.93. The van der Waals surface area contributed by atoms with E-state index in [1.807, 2.05) is 0 Å². The third-order valence-electron chi connectivity index (χ3n) is 3.64. The number of benzene rings is 1. The van der Waals surface area contributed by atoms with Crippen molar-refractivity contribution < 1.29 is 22.7 Å². The maximum atomic E-state index is 11.8. The molecule has 0 saturated carbocycles. The van der Waals surface area contributed by atoms with Crippen LogP contribution in [-0.2, 0) is 36.5 Å². The molecule has 1 amide bonds. The summed E-state index contributed by atoms with van der Waals surface area (Å²) in [7, 11) is -2.42. The van der Waals surface area contributed by atoms with Crippen LogP contribution in [-0.4, -0.2) is 39.2 Å². The van der Waals surface area contributed by atoms with Gasteiger partial charge in [-0.15, -0.1) is 0 Å². The zero-order valence-electron chi connectivity index (χ0n) is 14.1. The number of nitrogens with one attached hydrogen (secondary N) is 1. The summed E-state index contributed by atoms with van der Waals surface area (Å²) in [5.74, 6) is -2.08. The van der Waals surface area contributed by atoms with Crippen molar-refractivity contribution in [3.63, 3.8) is 0 Å². The van der Waals surface area contributed by atoms with E-state index < -0.39 is 21.6 Å². The van der Waals surface area contributed by atoms with Crippen molar-refractivity contribution in [3.8, 4) is 0 Å². The number of hydrogen-bond donors (Lipinski definition) is 2. The van der Waals surface area contributed by atoms with Crippen molar-refractivity contribution in [2.75, 3.05) is 12.9 Å². The van der Waals surface area contributed by atoms with E-state index in [2.05, 4.69) is 10.1 Å². The van der Waals surface area contributed by atoms with E-state index in [0.717, 1.165) is 12.7 Å². The highest BCUT2D eigenvalue weighted by molar-refractivity contribution is 7.91. The largest absolute Gasteiger partial charge is 0.468 e. The normalized spacial score (nSPS) is 13.8. The fourth-order valence-corrected chi connectivity index (χ4v) is 3.17. The number of ether oxygens (including phenoxy) is 1. The topological polar surface area (TPSA) is 116 Å². The van der Waals surface area contributed by atoms with Gasteiger partial charge in [0.15, 0.2) is 9.84 Å². The molecule has 7 nitrogen and oxygen atoms in total. The summed E-state index contributed by atoms with van der Waals surface area (Å²) in [5, 5.41) is 2.78. The molecule has 1 aromatic rings. The molecule has 3 N–H and O–H groups in total. The minimum atomic E-state index is -3.56. The first-order valence-corrected chi connectivity index (χ1v) is 9.35. The Bertz CT molecular complexity index is 668. The molecule has 0 heterocycles. The highest BCUT2D eigenvalue weighted by atomic mass is 32.2. The van der Waals surface area contributed by atoms with E-state index in [0.29, 0.717) is 12.1 Å². The third-order valence-corrected chi connectivity index (χ3v) is 5.09. The van der Waals surface area contributed by atoms with Gasteiger partial charge < -0.3 is 15.8 Å². The summed E-state index contributed by atoms with van der Waals surface area (Å²) >= 11 is 0. The van der Waals surface area contributed by atoms with Crippen molar-refractivity contribution in [3.05, 3.63) is 35.4 Å². The molecule has 0 fully saturated rings. The standard InChI is InChI=1S/C16H24N2O5S/c1-11(12(2)17)16(20)18-8-13-4-6-14(7-5-13)9-24(21,22)10-15(19)23-3/h4-7,11-12H,8-10,17H2,1-3H3,(H,18,20). The van der Waals surface area contributed by atoms with Crippen molar-refractivity contribution >= 4 is 21.7 Å². The van der Waals surface area contributed by atoms with Gasteiger partial charge in [0.25, 0.3) is 0 Å². The SMILES string of the molecule is COC(=O)CS(=O)(=O)Cc1ccc(CNC(=O)C(C)C(C)N)cc1. The Kier molecular flexibility index (Phi) is 7.37. The summed E-state index contributed by atoms with van der Waals surface area (Å²) in [5.41, 5.74) is 7.09. The molecule has 1 rings (SSSR count). The van der Waals surface area contributed by atoms with Crippen LogP contribution in [0.3, 0.4) is 0 Å². The second-order valence-electron chi connectivity index (χ2n) is 5.79. The number of nitrogens with two attached hydrogens (primary N) is 1. The number of esters is 1. The highest BCUT2D eigenvalue weighted by Crippen LogP contribution is 2.10. The molecule has 1 aromatic carbocycles. The Morgan fingerprint density at radius 3 is 2.21 bits per heavy atom. The Morgan fingerprint density at radius 1 is 1.17 bits per heavy atom. The zero-order valence-corrected chi connectivity index (χ0v) is 14.9. The first-order valence-electron chi connectivity index (χ1n) is 7.53. The molecule has 0 aliphatic carbocycles. The van der Waals surface area contributed by atoms with Crippen molar-refractivity contribution in [2.45, 2.75) is 32.2 Å². The summed E-state index contributed by atoms with van der Waals surface area (Å²) in [4.78, 5) is 22.9. The summed E-state index contributed by atoms with van der Waals surface area (Å²) in [6.07, 6.45) is 0. The lowest BCUT2D eigenvalue weighted by atomic mass is 10.0. The fraction of sp³-hybridized carbons (Fsp3) is 0.500. The molecule has 134 valence electrons. The molecule has 24 heavy (non-hydrogen) atoms. The maximum Gasteiger partial charge on any atom is 0.320 e. The number of carbonyl (C=O) groups is 2. The minimum Gasteiger partial charge on any atom is -0.468 e. The molecule has 0 aliphatic heterocycles. The molecule has 0 radical (unpaired) electrons. The van der Waals surface area contributed by atoms with Gasteiger partial charge in [-0.25, -0.2) is 8.42 Å². The van der Waals surface area contributed by atoms with Gasteiger partial charge in [-0.1, -0.05) is 31.2 Å². The van der Waals surface area contributed by atoms with E-state index in [1.54, 1.807) is 38.1 Å². The van der Waals surface area contributed by atoms with E-state index >= 15 is 0 Å². The molecule has 0 spiro atoms. The average Bonchev–Trinajstić information content (AvgIpc) is 2.52. The molecule has 8 heteroatoms. The van der Waals surface area contributed by atoms with Gasteiger partial charge in [0.2, 0.25) is 5.91 Å². The Morgan fingerprint density at radius 2 is 1.71 bits per heavy atom. The predicted molar refractivity (Wildman–Crippen MR) is 90.6 cm³/mol. The molecule has 0 bridgehead atoms. The lowest BCUT2D eigenvalue weighted by Crippen LogP contribution is -2.38. The highest BCUT2D eigenvalue weighted by Gasteiger charge is 2.18. The molecule has 0 saturated heterocycles. The van der Waals surface area contributed by atoms with Crippen LogP contribution in [0.5, 0.6) is 0 Å². The predicted octanol–water partition coefficient (Wildman–Crippen LogP) is 0.374. The van der Waals surface area contributed by atoms with Crippen molar-refractivity contribution in [1.29, 1.82) is 0 Å². The average molecular weight is 356 g/mol. The minimum absolute atomic E-state index is 0.130. The van der Waals surface area contributed by atoms with Crippen LogP contribution < -0.4 is 11.1 Å². The van der Waals surface area contributed by atoms with Crippen LogP contribution in [0.4, 0.5) is 0 Å². The maximum absolute atomic E-state index is 11.8. The van der Waals surface area contributed by atoms with Crippen LogP contribution >= 0.6 is 0 Å². The molecule has 0 aromatic heterocycles. The smallest absolute Gasteiger partial charge is 0.320 e. The Balaban J connectivity index is 2.60. The zero-order chi connectivity index (χ0) is 18.3. The van der Waals surface area contributed by atoms with Gasteiger partial charge in [0, 0.05) is 18.5 Å². The summed E-state index contributed by atoms with van der Waals surface area (Å²) in [6, 6.07) is 6.56.